The lowest BCUT2D eigenvalue weighted by molar-refractivity contribution is -0.137. The number of nitrogens with zero attached hydrogens (tertiary/aromatic N) is 2. The average molecular weight is 433 g/mol. The van der Waals surface area contributed by atoms with Gasteiger partial charge in [-0.25, -0.2) is 4.98 Å². The lowest BCUT2D eigenvalue weighted by Crippen LogP contribution is -2.15. The first-order chi connectivity index (χ1) is 15.3. The van der Waals surface area contributed by atoms with E-state index in [2.05, 4.69) is 10.3 Å². The van der Waals surface area contributed by atoms with Gasteiger partial charge in [0.2, 0.25) is 0 Å². The van der Waals surface area contributed by atoms with Gasteiger partial charge >= 0.3 is 5.97 Å². The number of aliphatic carboxylic acids is 1. The zero-order valence-electron chi connectivity index (χ0n) is 16.6. The number of fused-ring (bicyclic) bond motifs is 1. The number of carboxylic acid groups (broad SMARTS) is 1. The van der Waals surface area contributed by atoms with Crippen LogP contribution in [0.4, 0.5) is 5.69 Å². The Kier molecular flexibility index (Phi) is 5.38. The van der Waals surface area contributed by atoms with Crippen LogP contribution in [0.15, 0.2) is 67.0 Å². The number of phenolic OH excluding ortho intramolecular Hbond substituents is 3. The number of carboxylic acids is 1. The lowest BCUT2D eigenvalue weighted by atomic mass is 10.0. The molecule has 0 spiro atoms. The van der Waals surface area contributed by atoms with Gasteiger partial charge in [-0.05, 0) is 23.8 Å². The number of hydrogen-bond acceptors (Lipinski definition) is 6. The fourth-order valence-electron chi connectivity index (χ4n) is 3.59. The molecule has 0 aliphatic carbocycles. The molecule has 162 valence electrons. The molecule has 0 radical (unpaired) electrons. The minimum atomic E-state index is -0.969. The second-order valence-corrected chi connectivity index (χ2v) is 7.19. The van der Waals surface area contributed by atoms with E-state index < -0.39 is 29.4 Å². The van der Waals surface area contributed by atoms with Gasteiger partial charge < -0.3 is 30.3 Å². The second kappa shape index (κ2) is 8.31. The summed E-state index contributed by atoms with van der Waals surface area (Å²) in [7, 11) is 0. The maximum Gasteiger partial charge on any atom is 0.305 e. The van der Waals surface area contributed by atoms with Crippen LogP contribution in [0.5, 0.6) is 17.2 Å². The van der Waals surface area contributed by atoms with Crippen molar-refractivity contribution in [2.24, 2.45) is 0 Å². The molecule has 1 amide bonds. The Bertz CT molecular complexity index is 1290. The maximum absolute atomic E-state index is 12.6. The van der Waals surface area contributed by atoms with Crippen molar-refractivity contribution in [2.75, 3.05) is 5.32 Å². The van der Waals surface area contributed by atoms with Gasteiger partial charge in [-0.2, -0.15) is 0 Å². The van der Waals surface area contributed by atoms with Crippen LogP contribution in [0, 0.1) is 0 Å². The third-order valence-electron chi connectivity index (χ3n) is 5.03. The van der Waals surface area contributed by atoms with Gasteiger partial charge in [0.25, 0.3) is 5.91 Å². The van der Waals surface area contributed by atoms with Crippen LogP contribution in [0.1, 0.15) is 28.4 Å². The molecule has 5 N–H and O–H groups in total. The predicted molar refractivity (Wildman–Crippen MR) is 116 cm³/mol. The summed E-state index contributed by atoms with van der Waals surface area (Å²) < 4.78 is 1.73. The van der Waals surface area contributed by atoms with E-state index in [0.29, 0.717) is 16.7 Å². The van der Waals surface area contributed by atoms with Crippen molar-refractivity contribution in [3.05, 3.63) is 78.1 Å². The van der Waals surface area contributed by atoms with Crippen molar-refractivity contribution in [1.82, 2.24) is 9.55 Å². The number of rotatable bonds is 6. The van der Waals surface area contributed by atoms with Crippen LogP contribution in [0.2, 0.25) is 0 Å². The minimum absolute atomic E-state index is 0.165. The molecular formula is C23H19N3O6. The van der Waals surface area contributed by atoms with Gasteiger partial charge in [-0.3, -0.25) is 9.59 Å². The molecule has 1 aromatic heterocycles. The Morgan fingerprint density at radius 3 is 2.31 bits per heavy atom. The van der Waals surface area contributed by atoms with E-state index in [-0.39, 0.29) is 17.7 Å². The molecule has 0 fully saturated rings. The molecule has 4 aromatic rings. The number of aromatic hydroxyl groups is 3. The number of carbonyl (C=O) groups excluding carboxylic acids is 1. The normalized spacial score (nSPS) is 11.9. The van der Waals surface area contributed by atoms with Crippen molar-refractivity contribution in [3.8, 4) is 17.2 Å². The highest BCUT2D eigenvalue weighted by Gasteiger charge is 2.21. The lowest BCUT2D eigenvalue weighted by Gasteiger charge is -2.18. The largest absolute Gasteiger partial charge is 0.508 e. The Hall–Kier alpha value is -4.53. The first-order valence-corrected chi connectivity index (χ1v) is 9.63. The highest BCUT2D eigenvalue weighted by atomic mass is 16.4. The fraction of sp³-hybridized carbons (Fsp3) is 0.0870. The summed E-state index contributed by atoms with van der Waals surface area (Å²) >= 11 is 0. The Labute approximate surface area is 181 Å². The quantitative estimate of drug-likeness (QED) is 0.313. The van der Waals surface area contributed by atoms with Crippen molar-refractivity contribution in [1.29, 1.82) is 0 Å². The number of nitrogens with one attached hydrogen (secondary N) is 1. The molecule has 1 atom stereocenters. The zero-order chi connectivity index (χ0) is 22.8. The van der Waals surface area contributed by atoms with Crippen LogP contribution >= 0.6 is 0 Å². The number of anilines is 1. The summed E-state index contributed by atoms with van der Waals surface area (Å²) in [6, 6.07) is 15.4. The summed E-state index contributed by atoms with van der Waals surface area (Å²) in [6.45, 7) is 0. The number of amides is 1. The van der Waals surface area contributed by atoms with Crippen molar-refractivity contribution in [3.63, 3.8) is 0 Å². The van der Waals surface area contributed by atoms with Gasteiger partial charge in [-0.15, -0.1) is 0 Å². The van der Waals surface area contributed by atoms with E-state index >= 15 is 0 Å². The standard InChI is InChI=1S/C23H19N3O6/c27-15-9-19(28)22(20(29)10-15)23(32)25-14-6-7-16-18(8-14)26(12-24-16)17(11-21(30)31)13-4-2-1-3-5-13/h1-10,12,17,27-29H,11H2,(H,25,32)(H,30,31). The average Bonchev–Trinajstić information content (AvgIpc) is 3.15. The van der Waals surface area contributed by atoms with Crippen LogP contribution in [-0.4, -0.2) is 41.9 Å². The molecule has 4 rings (SSSR count). The Morgan fingerprint density at radius 1 is 0.969 bits per heavy atom. The molecule has 9 heteroatoms. The minimum Gasteiger partial charge on any atom is -0.508 e. The topological polar surface area (TPSA) is 145 Å². The molecule has 1 heterocycles. The van der Waals surface area contributed by atoms with Gasteiger partial charge in [0, 0.05) is 17.8 Å². The first kappa shape index (κ1) is 20.7. The number of hydrogen-bond donors (Lipinski definition) is 5. The summed E-state index contributed by atoms with van der Waals surface area (Å²) in [5.41, 5.74) is 1.95. The molecule has 9 nitrogen and oxygen atoms in total. The molecule has 32 heavy (non-hydrogen) atoms. The molecular weight excluding hydrogens is 414 g/mol. The second-order valence-electron chi connectivity index (χ2n) is 7.19. The van der Waals surface area contributed by atoms with Crippen molar-refractivity contribution in [2.45, 2.75) is 12.5 Å². The van der Waals surface area contributed by atoms with Crippen LogP contribution in [0.3, 0.4) is 0 Å². The summed E-state index contributed by atoms with van der Waals surface area (Å²) in [5, 5.41) is 41.3. The fourth-order valence-corrected chi connectivity index (χ4v) is 3.59. The molecule has 0 aliphatic rings. The SMILES string of the molecule is O=C(O)CC(c1ccccc1)n1cnc2ccc(NC(=O)c3c(O)cc(O)cc3O)cc21. The molecule has 0 aliphatic heterocycles. The van der Waals surface area contributed by atoms with E-state index in [1.807, 2.05) is 30.3 Å². The first-order valence-electron chi connectivity index (χ1n) is 9.63. The van der Waals surface area contributed by atoms with Crippen LogP contribution in [0.25, 0.3) is 11.0 Å². The predicted octanol–water partition coefficient (Wildman–Crippen LogP) is 3.47. The third kappa shape index (κ3) is 4.04. The highest BCUT2D eigenvalue weighted by Crippen LogP contribution is 2.33. The zero-order valence-corrected chi connectivity index (χ0v) is 16.6. The summed E-state index contributed by atoms with van der Waals surface area (Å²) in [4.78, 5) is 28.5. The van der Waals surface area contributed by atoms with Crippen LogP contribution < -0.4 is 5.32 Å². The molecule has 3 aromatic carbocycles. The van der Waals surface area contributed by atoms with Gasteiger partial charge in [0.15, 0.2) is 0 Å². The van der Waals surface area contributed by atoms with E-state index in [1.54, 1.807) is 29.1 Å². The highest BCUT2D eigenvalue weighted by molar-refractivity contribution is 6.08. The third-order valence-corrected chi connectivity index (χ3v) is 5.03. The van der Waals surface area contributed by atoms with E-state index in [1.165, 1.54) is 0 Å². The van der Waals surface area contributed by atoms with E-state index in [4.69, 9.17) is 0 Å². The number of aromatic nitrogens is 2. The monoisotopic (exact) mass is 433 g/mol. The number of phenols is 3. The van der Waals surface area contributed by atoms with Gasteiger partial charge in [-0.1, -0.05) is 30.3 Å². The summed E-state index contributed by atoms with van der Waals surface area (Å²) in [6.07, 6.45) is 1.38. The van der Waals surface area contributed by atoms with Crippen molar-refractivity contribution >= 4 is 28.6 Å². The molecule has 0 saturated heterocycles. The van der Waals surface area contributed by atoms with E-state index in [9.17, 15) is 30.0 Å². The number of carbonyl (C=O) groups is 2. The summed E-state index contributed by atoms with van der Waals surface area (Å²) in [5.74, 6) is -3.28. The van der Waals surface area contributed by atoms with Gasteiger partial charge in [0.1, 0.15) is 22.8 Å². The Balaban J connectivity index is 1.71. The van der Waals surface area contributed by atoms with Gasteiger partial charge in [0.05, 0.1) is 29.8 Å². The maximum atomic E-state index is 12.6. The Morgan fingerprint density at radius 2 is 1.66 bits per heavy atom. The molecule has 0 saturated carbocycles. The van der Waals surface area contributed by atoms with Crippen molar-refractivity contribution < 1.29 is 30.0 Å². The van der Waals surface area contributed by atoms with E-state index in [0.717, 1.165) is 17.7 Å². The number of benzene rings is 3. The molecule has 0 bridgehead atoms. The smallest absolute Gasteiger partial charge is 0.305 e. The molecule has 1 unspecified atom stereocenters. The number of imidazole rings is 1. The van der Waals surface area contributed by atoms with Crippen LogP contribution in [-0.2, 0) is 4.79 Å².